The van der Waals surface area contributed by atoms with E-state index in [1.54, 1.807) is 32.9 Å². The summed E-state index contributed by atoms with van der Waals surface area (Å²) in [6.07, 6.45) is 2.31. The fraction of sp³-hybridized carbons (Fsp3) is 0.426. The van der Waals surface area contributed by atoms with Crippen molar-refractivity contribution in [2.75, 3.05) is 54.4 Å². The summed E-state index contributed by atoms with van der Waals surface area (Å²) in [5.41, 5.74) is 3.39. The number of ether oxygens (including phenoxy) is 2. The van der Waals surface area contributed by atoms with Gasteiger partial charge in [-0.25, -0.2) is 14.8 Å². The van der Waals surface area contributed by atoms with Crippen LogP contribution in [-0.2, 0) is 40.5 Å². The Morgan fingerprint density at radius 3 is 2.36 bits per heavy atom. The lowest BCUT2D eigenvalue weighted by Gasteiger charge is -2.36. The summed E-state index contributed by atoms with van der Waals surface area (Å²) < 4.78 is 61.3. The summed E-state index contributed by atoms with van der Waals surface area (Å²) >= 11 is 1.39. The minimum absolute atomic E-state index is 0.0224. The fourth-order valence-corrected chi connectivity index (χ4v) is 12.8. The van der Waals surface area contributed by atoms with E-state index in [0.29, 0.717) is 66.8 Å². The van der Waals surface area contributed by atoms with Crippen LogP contribution in [0.3, 0.4) is 0 Å². The molecule has 3 amide bonds. The number of pyridine rings is 1. The van der Waals surface area contributed by atoms with Gasteiger partial charge in [-0.3, -0.25) is 34.6 Å². The Hall–Kier alpha value is -7.38. The first-order valence-corrected chi connectivity index (χ1v) is 28.7. The number of amides is 3. The number of thiazole rings is 1. The van der Waals surface area contributed by atoms with Gasteiger partial charge in [-0.2, -0.15) is 18.3 Å². The maximum Gasteiger partial charge on any atom is 0.420 e. The molecule has 0 spiro atoms. The zero-order valence-electron chi connectivity index (χ0n) is 45.5. The number of anilines is 3. The second-order valence-corrected chi connectivity index (χ2v) is 23.6. The van der Waals surface area contributed by atoms with Crippen LogP contribution in [0, 0.1) is 5.92 Å². The molecule has 7 aromatic rings. The van der Waals surface area contributed by atoms with Crippen molar-refractivity contribution in [1.29, 1.82) is 0 Å². The van der Waals surface area contributed by atoms with E-state index in [1.807, 2.05) is 59.1 Å². The molecular formula is C61H66F3N9O6S. The number of aromatic nitrogens is 4. The second-order valence-electron chi connectivity index (χ2n) is 22.6. The minimum atomic E-state index is -4.84. The zero-order valence-corrected chi connectivity index (χ0v) is 46.4. The van der Waals surface area contributed by atoms with Crippen molar-refractivity contribution >= 4 is 72.8 Å². The topological polar surface area (TPSA) is 164 Å². The number of nitrogens with one attached hydrogen (secondary N) is 2. The first kappa shape index (κ1) is 54.6. The molecule has 3 fully saturated rings. The van der Waals surface area contributed by atoms with Crippen LogP contribution in [0.15, 0.2) is 91.0 Å². The van der Waals surface area contributed by atoms with Gasteiger partial charge in [0.25, 0.3) is 5.91 Å². The van der Waals surface area contributed by atoms with Gasteiger partial charge < -0.3 is 19.3 Å². The Bertz CT molecular complexity index is 3450. The molecule has 3 aliphatic heterocycles. The van der Waals surface area contributed by atoms with Crippen LogP contribution in [0.2, 0.25) is 0 Å². The van der Waals surface area contributed by atoms with E-state index in [9.17, 15) is 19.2 Å². The molecule has 1 unspecified atom stereocenters. The van der Waals surface area contributed by atoms with Crippen molar-refractivity contribution in [3.05, 3.63) is 125 Å². The van der Waals surface area contributed by atoms with E-state index in [1.165, 1.54) is 35.6 Å². The maximum absolute atomic E-state index is 15.5. The van der Waals surface area contributed by atoms with Crippen molar-refractivity contribution in [2.24, 2.45) is 13.0 Å². The molecule has 2 saturated heterocycles. The van der Waals surface area contributed by atoms with E-state index in [-0.39, 0.29) is 46.8 Å². The molecule has 80 heavy (non-hydrogen) atoms. The number of esters is 1. The van der Waals surface area contributed by atoms with Crippen molar-refractivity contribution in [2.45, 2.75) is 115 Å². The SMILES string of the molecule is Cn1nc(C2CCC(=O)NC2=O)c2ccc(N3CCN(CCCC[C@H]4CC[C@H](Oc5cccc(-c6ccc(N7CCc8cccc(C(=O)Nc9nc%10ccccc%10s9)c8C7)nc6C(=O)OC(C)(C)C)c5C(F)(F)F)CC4)CC3)cc21. The third-order valence-electron chi connectivity index (χ3n) is 16.0. The van der Waals surface area contributed by atoms with E-state index in [0.717, 1.165) is 103 Å². The number of piperazine rings is 1. The van der Waals surface area contributed by atoms with Gasteiger partial charge in [-0.1, -0.05) is 60.6 Å². The van der Waals surface area contributed by atoms with Crippen molar-refractivity contribution in [1.82, 2.24) is 30.0 Å². The van der Waals surface area contributed by atoms with Crippen LogP contribution < -0.4 is 25.2 Å². The lowest BCUT2D eigenvalue weighted by molar-refractivity contribution is -0.139. The highest BCUT2D eigenvalue weighted by atomic mass is 32.1. The van der Waals surface area contributed by atoms with Crippen LogP contribution >= 0.6 is 11.3 Å². The molecule has 4 aliphatic rings. The molecule has 19 heteroatoms. The normalized spacial score (nSPS) is 19.3. The zero-order chi connectivity index (χ0) is 55.9. The number of rotatable bonds is 14. The smallest absolute Gasteiger partial charge is 0.420 e. The lowest BCUT2D eigenvalue weighted by Crippen LogP contribution is -2.46. The van der Waals surface area contributed by atoms with Gasteiger partial charge in [0.1, 0.15) is 22.7 Å². The third kappa shape index (κ3) is 11.9. The summed E-state index contributed by atoms with van der Waals surface area (Å²) in [6.45, 7) is 10.5. The highest BCUT2D eigenvalue weighted by Crippen LogP contribution is 2.46. The van der Waals surface area contributed by atoms with Gasteiger partial charge in [0.05, 0.1) is 33.4 Å². The number of carbonyl (C=O) groups excluding carboxylic acids is 4. The third-order valence-corrected chi connectivity index (χ3v) is 17.0. The van der Waals surface area contributed by atoms with Crippen molar-refractivity contribution in [3.8, 4) is 16.9 Å². The Balaban J connectivity index is 0.706. The summed E-state index contributed by atoms with van der Waals surface area (Å²) in [7, 11) is 1.89. The van der Waals surface area contributed by atoms with Crippen LogP contribution in [0.5, 0.6) is 5.75 Å². The average molecular weight is 1110 g/mol. The molecule has 15 nitrogen and oxygen atoms in total. The Kier molecular flexibility index (Phi) is 15.4. The summed E-state index contributed by atoms with van der Waals surface area (Å²) in [4.78, 5) is 68.5. The maximum atomic E-state index is 15.5. The highest BCUT2D eigenvalue weighted by molar-refractivity contribution is 7.22. The molecule has 11 rings (SSSR count). The number of piperidine rings is 1. The Morgan fingerprint density at radius 1 is 0.812 bits per heavy atom. The monoisotopic (exact) mass is 1110 g/mol. The quantitative estimate of drug-likeness (QED) is 0.0603. The minimum Gasteiger partial charge on any atom is -0.490 e. The molecule has 4 aromatic carbocycles. The molecular weight excluding hydrogens is 1040 g/mol. The summed E-state index contributed by atoms with van der Waals surface area (Å²) in [5, 5.41) is 11.5. The molecule has 6 heterocycles. The number of halogens is 3. The molecule has 1 aliphatic carbocycles. The van der Waals surface area contributed by atoms with Crippen LogP contribution in [0.25, 0.3) is 32.2 Å². The Labute approximate surface area is 466 Å². The van der Waals surface area contributed by atoms with Crippen LogP contribution in [0.4, 0.5) is 29.8 Å². The van der Waals surface area contributed by atoms with Gasteiger partial charge in [0.2, 0.25) is 11.8 Å². The number of carbonyl (C=O) groups is 4. The number of benzene rings is 4. The van der Waals surface area contributed by atoms with Crippen LogP contribution in [-0.4, -0.2) is 99.3 Å². The number of hydrogen-bond acceptors (Lipinski definition) is 13. The number of para-hydroxylation sites is 1. The van der Waals surface area contributed by atoms with E-state index >= 15 is 13.2 Å². The molecule has 0 radical (unpaired) electrons. The first-order chi connectivity index (χ1) is 38.4. The van der Waals surface area contributed by atoms with Crippen molar-refractivity contribution < 1.29 is 41.8 Å². The van der Waals surface area contributed by atoms with Gasteiger partial charge in [0, 0.05) is 80.5 Å². The summed E-state index contributed by atoms with van der Waals surface area (Å²) in [5.74, 6) is -1.58. The number of aryl methyl sites for hydroxylation is 1. The van der Waals surface area contributed by atoms with Gasteiger partial charge in [-0.05, 0) is 144 Å². The molecule has 418 valence electrons. The number of imide groups is 1. The van der Waals surface area contributed by atoms with Gasteiger partial charge in [-0.15, -0.1) is 0 Å². The van der Waals surface area contributed by atoms with E-state index < -0.39 is 35.3 Å². The Morgan fingerprint density at radius 2 is 1.60 bits per heavy atom. The second kappa shape index (κ2) is 22.6. The van der Waals surface area contributed by atoms with Gasteiger partial charge >= 0.3 is 12.1 Å². The van der Waals surface area contributed by atoms with E-state index in [4.69, 9.17) is 19.6 Å². The predicted octanol–water partition coefficient (Wildman–Crippen LogP) is 11.5. The standard InChI is InChI=1S/C61H66F3N9O6S/c1-60(2,3)79-58(77)55-42(24-26-51(66-55)73-30-28-38-12-9-14-43(46(38)36-73)56(75)68-59-65-47-15-5-6-17-50(47)80-59)41-13-10-16-49(53(41)61(62,63)64)78-40-21-18-37(19-22-40)11-7-8-29-71-31-33-72(34-32-71)39-20-23-44-48(35-39)70(4)69-54(44)45-25-27-52(74)67-57(45)76/h5-6,9-10,12-17,20,23-24,26,35,37,40,45H,7-8,11,18-19,21-22,25,27-34,36H2,1-4H3,(H,65,68,75)(H,67,74,76)/t37-,40-,45?. The summed E-state index contributed by atoms with van der Waals surface area (Å²) in [6, 6.07) is 26.9. The average Bonchev–Trinajstić information content (AvgIpc) is 4.00. The molecule has 1 atom stereocenters. The lowest BCUT2D eigenvalue weighted by atomic mass is 9.84. The van der Waals surface area contributed by atoms with Gasteiger partial charge in [0.15, 0.2) is 10.8 Å². The van der Waals surface area contributed by atoms with E-state index in [2.05, 4.69) is 37.6 Å². The fourth-order valence-electron chi connectivity index (χ4n) is 11.9. The number of nitrogens with zero attached hydrogens (tertiary/aromatic N) is 7. The number of hydrogen-bond donors (Lipinski definition) is 2. The number of unbranched alkanes of at least 4 members (excludes halogenated alkanes) is 1. The number of fused-ring (bicyclic) bond motifs is 3. The number of alkyl halides is 3. The molecule has 0 bridgehead atoms. The van der Waals surface area contributed by atoms with Crippen molar-refractivity contribution in [3.63, 3.8) is 0 Å². The molecule has 3 aromatic heterocycles. The molecule has 2 N–H and O–H groups in total. The highest BCUT2D eigenvalue weighted by Gasteiger charge is 2.40. The largest absolute Gasteiger partial charge is 0.490 e. The first-order valence-electron chi connectivity index (χ1n) is 27.8. The molecule has 1 saturated carbocycles. The van der Waals surface area contributed by atoms with Crippen LogP contribution in [0.1, 0.15) is 128 Å². The predicted molar refractivity (Wildman–Crippen MR) is 303 cm³/mol.